The predicted molar refractivity (Wildman–Crippen MR) is 332 cm³/mol. The van der Waals surface area contributed by atoms with Gasteiger partial charge in [0, 0.05) is 33.4 Å². The maximum atomic E-state index is 2.46. The van der Waals surface area contributed by atoms with Crippen molar-refractivity contribution in [1.82, 2.24) is 4.57 Å². The van der Waals surface area contributed by atoms with Crippen molar-refractivity contribution in [2.75, 3.05) is 4.90 Å². The van der Waals surface area contributed by atoms with Crippen molar-refractivity contribution in [3.05, 3.63) is 338 Å². The minimum atomic E-state index is -0.486. The van der Waals surface area contributed by atoms with Gasteiger partial charge in [-0.05, 0) is 144 Å². The number of anilines is 3. The summed E-state index contributed by atoms with van der Waals surface area (Å²) in [6.45, 7) is 0. The highest BCUT2D eigenvalue weighted by atomic mass is 15.1. The summed E-state index contributed by atoms with van der Waals surface area (Å²) in [5.41, 5.74) is 23.3. The van der Waals surface area contributed by atoms with Crippen LogP contribution in [0.1, 0.15) is 22.3 Å². The smallest absolute Gasteiger partial charge is 0.0713 e. The van der Waals surface area contributed by atoms with Crippen molar-refractivity contribution in [3.63, 3.8) is 0 Å². The molecule has 0 radical (unpaired) electrons. The van der Waals surface area contributed by atoms with E-state index in [9.17, 15) is 0 Å². The lowest BCUT2D eigenvalue weighted by Crippen LogP contribution is -2.28. The van der Waals surface area contributed by atoms with Gasteiger partial charge in [0.15, 0.2) is 0 Å². The van der Waals surface area contributed by atoms with Gasteiger partial charge in [-0.3, -0.25) is 0 Å². The monoisotopic (exact) mass is 1000 g/mol. The summed E-state index contributed by atoms with van der Waals surface area (Å²) in [5, 5.41) is 4.92. The van der Waals surface area contributed by atoms with E-state index >= 15 is 0 Å². The Balaban J connectivity index is 0.904. The second kappa shape index (κ2) is 19.1. The standard InChI is InChI=1S/C77H52N2/c1-5-22-54(23-6-1)64-37-20-24-55-25-21-38-70(76(55)64)68-36-15-17-40-73(68)78(63-33-19-26-56(50-63)58-45-49-69-67-35-14-18-41-74(67)79(75(69)52-58)61-31-11-4-12-32-61)62-46-42-53(43-47-62)57-44-48-66-65-34-13-16-39-71(65)77(72(66)51-57,59-27-7-2-8-28-59)60-29-9-3-10-30-60/h1-52H. The number of nitrogens with zero attached hydrogens (tertiary/aromatic N) is 2. The third-order valence-corrected chi connectivity index (χ3v) is 16.5. The first-order chi connectivity index (χ1) is 39.2. The lowest BCUT2D eigenvalue weighted by atomic mass is 9.67. The highest BCUT2D eigenvalue weighted by Gasteiger charge is 2.46. The minimum absolute atomic E-state index is 0.486. The average Bonchev–Trinajstić information content (AvgIpc) is 4.04. The van der Waals surface area contributed by atoms with Gasteiger partial charge >= 0.3 is 0 Å². The van der Waals surface area contributed by atoms with Gasteiger partial charge in [-0.1, -0.05) is 255 Å². The Morgan fingerprint density at radius 1 is 0.278 bits per heavy atom. The van der Waals surface area contributed by atoms with Gasteiger partial charge in [-0.2, -0.15) is 0 Å². The molecule has 1 heterocycles. The van der Waals surface area contributed by atoms with E-state index in [4.69, 9.17) is 0 Å². The molecule has 1 aliphatic rings. The Morgan fingerprint density at radius 2 is 0.810 bits per heavy atom. The van der Waals surface area contributed by atoms with Crippen LogP contribution in [0.25, 0.3) is 93.9 Å². The quantitative estimate of drug-likeness (QED) is 0.133. The molecule has 15 rings (SSSR count). The van der Waals surface area contributed by atoms with E-state index in [1.807, 2.05) is 0 Å². The summed E-state index contributed by atoms with van der Waals surface area (Å²) >= 11 is 0. The van der Waals surface area contributed by atoms with E-state index in [1.54, 1.807) is 0 Å². The fourth-order valence-corrected chi connectivity index (χ4v) is 13.0. The van der Waals surface area contributed by atoms with Crippen LogP contribution in [0.4, 0.5) is 17.1 Å². The van der Waals surface area contributed by atoms with Crippen LogP contribution in [0.3, 0.4) is 0 Å². The molecular formula is C77H52N2. The van der Waals surface area contributed by atoms with E-state index in [0.717, 1.165) is 45.0 Å². The first-order valence-electron chi connectivity index (χ1n) is 27.3. The summed E-state index contributed by atoms with van der Waals surface area (Å²) in [7, 11) is 0. The fourth-order valence-electron chi connectivity index (χ4n) is 13.0. The van der Waals surface area contributed by atoms with Gasteiger partial charge in [0.1, 0.15) is 0 Å². The first-order valence-corrected chi connectivity index (χ1v) is 27.3. The van der Waals surface area contributed by atoms with Crippen LogP contribution >= 0.6 is 0 Å². The van der Waals surface area contributed by atoms with E-state index in [0.29, 0.717) is 0 Å². The average molecular weight is 1010 g/mol. The molecule has 0 spiro atoms. The number of benzene rings is 13. The molecule has 0 atom stereocenters. The second-order valence-corrected chi connectivity index (χ2v) is 20.7. The Morgan fingerprint density at radius 3 is 1.57 bits per heavy atom. The van der Waals surface area contributed by atoms with Crippen LogP contribution < -0.4 is 4.90 Å². The lowest BCUT2D eigenvalue weighted by Gasteiger charge is -2.34. The molecule has 13 aromatic carbocycles. The molecule has 370 valence electrons. The number of fused-ring (bicyclic) bond motifs is 7. The highest BCUT2D eigenvalue weighted by Crippen LogP contribution is 2.57. The van der Waals surface area contributed by atoms with E-state index in [-0.39, 0.29) is 0 Å². The number of hydrogen-bond donors (Lipinski definition) is 0. The van der Waals surface area contributed by atoms with Crippen LogP contribution in [-0.2, 0) is 5.41 Å². The third kappa shape index (κ3) is 7.56. The van der Waals surface area contributed by atoms with Crippen LogP contribution in [0.15, 0.2) is 315 Å². The normalized spacial score (nSPS) is 12.4. The number of para-hydroxylation sites is 3. The number of aromatic nitrogens is 1. The highest BCUT2D eigenvalue weighted by molar-refractivity contribution is 6.11. The number of hydrogen-bond acceptors (Lipinski definition) is 1. The zero-order valence-corrected chi connectivity index (χ0v) is 43.4. The molecule has 0 aliphatic heterocycles. The zero-order chi connectivity index (χ0) is 52.3. The molecule has 2 heteroatoms. The Hall–Kier alpha value is -10.3. The number of rotatable bonds is 10. The summed E-state index contributed by atoms with van der Waals surface area (Å²) in [4.78, 5) is 2.46. The fraction of sp³-hybridized carbons (Fsp3) is 0.0130. The molecule has 0 amide bonds. The second-order valence-electron chi connectivity index (χ2n) is 20.7. The largest absolute Gasteiger partial charge is 0.310 e. The summed E-state index contributed by atoms with van der Waals surface area (Å²) in [5.74, 6) is 0. The summed E-state index contributed by atoms with van der Waals surface area (Å²) in [6, 6.07) is 116. The van der Waals surface area contributed by atoms with E-state index in [1.165, 1.54) is 88.2 Å². The van der Waals surface area contributed by atoms with Gasteiger partial charge < -0.3 is 9.47 Å². The molecule has 1 aliphatic carbocycles. The molecule has 1 aromatic heterocycles. The topological polar surface area (TPSA) is 8.17 Å². The van der Waals surface area contributed by atoms with E-state index in [2.05, 4.69) is 325 Å². The molecule has 0 saturated heterocycles. The summed E-state index contributed by atoms with van der Waals surface area (Å²) in [6.07, 6.45) is 0. The lowest BCUT2D eigenvalue weighted by molar-refractivity contribution is 0.769. The SMILES string of the molecule is c1ccc(-c2cccc3cccc(-c4ccccc4N(c4ccc(-c5ccc6c(c5)C(c5ccccc5)(c5ccccc5)c5ccccc5-6)cc4)c4cccc(-c5ccc6c7ccccc7n(-c7ccccc7)c6c5)c4)c23)cc1. The predicted octanol–water partition coefficient (Wildman–Crippen LogP) is 20.4. The minimum Gasteiger partial charge on any atom is -0.310 e. The maximum Gasteiger partial charge on any atom is 0.0713 e. The van der Waals surface area contributed by atoms with Gasteiger partial charge in [-0.25, -0.2) is 0 Å². The van der Waals surface area contributed by atoms with Gasteiger partial charge in [0.2, 0.25) is 0 Å². The van der Waals surface area contributed by atoms with Crippen LogP contribution in [-0.4, -0.2) is 4.57 Å². The molecular weight excluding hydrogens is 953 g/mol. The maximum absolute atomic E-state index is 2.46. The van der Waals surface area contributed by atoms with Crippen LogP contribution in [0.5, 0.6) is 0 Å². The zero-order valence-electron chi connectivity index (χ0n) is 43.4. The molecule has 14 aromatic rings. The van der Waals surface area contributed by atoms with Crippen molar-refractivity contribution in [1.29, 1.82) is 0 Å². The third-order valence-electron chi connectivity index (χ3n) is 16.5. The van der Waals surface area contributed by atoms with Crippen LogP contribution in [0, 0.1) is 0 Å². The Bertz CT molecular complexity index is 4530. The Labute approximate surface area is 461 Å². The van der Waals surface area contributed by atoms with Gasteiger partial charge in [0.05, 0.1) is 22.1 Å². The van der Waals surface area contributed by atoms with Gasteiger partial charge in [-0.15, -0.1) is 0 Å². The van der Waals surface area contributed by atoms with Gasteiger partial charge in [0.25, 0.3) is 0 Å². The van der Waals surface area contributed by atoms with Crippen molar-refractivity contribution >= 4 is 49.6 Å². The molecule has 0 bridgehead atoms. The molecule has 79 heavy (non-hydrogen) atoms. The van der Waals surface area contributed by atoms with Crippen molar-refractivity contribution in [2.45, 2.75) is 5.41 Å². The van der Waals surface area contributed by atoms with Crippen molar-refractivity contribution < 1.29 is 0 Å². The summed E-state index contributed by atoms with van der Waals surface area (Å²) < 4.78 is 2.40. The molecule has 0 unspecified atom stereocenters. The van der Waals surface area contributed by atoms with Crippen LogP contribution in [0.2, 0.25) is 0 Å². The Kier molecular flexibility index (Phi) is 11.1. The van der Waals surface area contributed by atoms with E-state index < -0.39 is 5.41 Å². The molecule has 0 fully saturated rings. The molecule has 0 N–H and O–H groups in total. The molecule has 0 saturated carbocycles. The van der Waals surface area contributed by atoms with Crippen molar-refractivity contribution in [3.8, 4) is 61.3 Å². The molecule has 2 nitrogen and oxygen atoms in total. The van der Waals surface area contributed by atoms with Crippen molar-refractivity contribution in [2.24, 2.45) is 0 Å². The first kappa shape index (κ1) is 46.1.